The molecule has 3 aromatic rings. The summed E-state index contributed by atoms with van der Waals surface area (Å²) in [5, 5.41) is 2.88. The fourth-order valence-electron chi connectivity index (χ4n) is 2.26. The fraction of sp³-hybridized carbons (Fsp3) is 0.0526. The molecule has 1 amide bonds. The number of carbonyl (C=O) groups excluding carboxylic acids is 1. The van der Waals surface area contributed by atoms with Crippen LogP contribution in [-0.4, -0.2) is 15.5 Å². The van der Waals surface area contributed by atoms with Crippen LogP contribution in [0.15, 0.2) is 79.4 Å². The molecule has 0 bridgehead atoms. The molecule has 1 aromatic heterocycles. The average Bonchev–Trinajstić information content (AvgIpc) is 3.07. The molecule has 1 heterocycles. The van der Waals surface area contributed by atoms with Crippen molar-refractivity contribution in [3.8, 4) is 0 Å². The Bertz CT molecular complexity index is 793. The van der Waals surface area contributed by atoms with Crippen LogP contribution in [0.1, 0.15) is 11.1 Å². The van der Waals surface area contributed by atoms with Gasteiger partial charge in [0, 0.05) is 30.7 Å². The minimum Gasteiger partial charge on any atom is -0.333 e. The van der Waals surface area contributed by atoms with Gasteiger partial charge in [-0.05, 0) is 29.3 Å². The van der Waals surface area contributed by atoms with E-state index in [1.807, 2.05) is 65.4 Å². The number of aromatic nitrogens is 2. The summed E-state index contributed by atoms with van der Waals surface area (Å²) in [6.45, 7) is 0.726. The molecular formula is C19H17N3O. The molecule has 0 saturated heterocycles. The molecule has 0 fully saturated rings. The predicted octanol–water partition coefficient (Wildman–Crippen LogP) is 3.58. The summed E-state index contributed by atoms with van der Waals surface area (Å²) >= 11 is 0. The van der Waals surface area contributed by atoms with Crippen LogP contribution in [0.25, 0.3) is 6.08 Å². The number of hydrogen-bond donors (Lipinski definition) is 1. The van der Waals surface area contributed by atoms with Crippen LogP contribution < -0.4 is 5.32 Å². The Labute approximate surface area is 135 Å². The maximum Gasteiger partial charge on any atom is 0.248 e. The first kappa shape index (κ1) is 14.8. The summed E-state index contributed by atoms with van der Waals surface area (Å²) in [6, 6.07) is 17.5. The Kier molecular flexibility index (Phi) is 4.64. The number of anilines is 1. The number of nitrogens with one attached hydrogen (secondary N) is 1. The number of amides is 1. The molecule has 23 heavy (non-hydrogen) atoms. The van der Waals surface area contributed by atoms with Crippen LogP contribution >= 0.6 is 0 Å². The molecule has 2 aromatic carbocycles. The maximum absolute atomic E-state index is 12.0. The third-order valence-electron chi connectivity index (χ3n) is 3.35. The van der Waals surface area contributed by atoms with E-state index in [0.717, 1.165) is 23.4 Å². The van der Waals surface area contributed by atoms with E-state index in [0.29, 0.717) is 0 Å². The largest absolute Gasteiger partial charge is 0.333 e. The average molecular weight is 303 g/mol. The van der Waals surface area contributed by atoms with Gasteiger partial charge in [-0.2, -0.15) is 0 Å². The molecule has 0 spiro atoms. The molecular weight excluding hydrogens is 286 g/mol. The Morgan fingerprint density at radius 1 is 1.13 bits per heavy atom. The van der Waals surface area contributed by atoms with Gasteiger partial charge in [-0.1, -0.05) is 42.5 Å². The number of hydrogen-bond acceptors (Lipinski definition) is 2. The lowest BCUT2D eigenvalue weighted by molar-refractivity contribution is -0.111. The Morgan fingerprint density at radius 3 is 2.78 bits per heavy atom. The van der Waals surface area contributed by atoms with Gasteiger partial charge < -0.3 is 9.88 Å². The van der Waals surface area contributed by atoms with Crippen molar-refractivity contribution in [2.45, 2.75) is 6.54 Å². The molecule has 0 radical (unpaired) electrons. The quantitative estimate of drug-likeness (QED) is 0.732. The predicted molar refractivity (Wildman–Crippen MR) is 91.9 cm³/mol. The highest BCUT2D eigenvalue weighted by atomic mass is 16.1. The molecule has 4 heteroatoms. The van der Waals surface area contributed by atoms with Crippen molar-refractivity contribution in [2.75, 3.05) is 5.32 Å². The second-order valence-corrected chi connectivity index (χ2v) is 5.17. The van der Waals surface area contributed by atoms with Gasteiger partial charge in [0.15, 0.2) is 0 Å². The molecule has 0 aliphatic carbocycles. The van der Waals surface area contributed by atoms with Gasteiger partial charge in [-0.15, -0.1) is 0 Å². The van der Waals surface area contributed by atoms with Crippen LogP contribution in [0.4, 0.5) is 5.69 Å². The highest BCUT2D eigenvalue weighted by Crippen LogP contribution is 2.12. The minimum atomic E-state index is -0.145. The van der Waals surface area contributed by atoms with Gasteiger partial charge in [-0.25, -0.2) is 4.98 Å². The fourth-order valence-corrected chi connectivity index (χ4v) is 2.26. The summed E-state index contributed by atoms with van der Waals surface area (Å²) in [5.41, 5.74) is 2.88. The zero-order valence-corrected chi connectivity index (χ0v) is 12.6. The smallest absolute Gasteiger partial charge is 0.248 e. The normalized spacial score (nSPS) is 10.8. The molecule has 1 N–H and O–H groups in total. The zero-order chi connectivity index (χ0) is 15.9. The van der Waals surface area contributed by atoms with E-state index in [1.54, 1.807) is 18.6 Å². The zero-order valence-electron chi connectivity index (χ0n) is 12.6. The first-order valence-corrected chi connectivity index (χ1v) is 7.38. The SMILES string of the molecule is O=C(/C=C/c1ccccc1)Nc1cccc(Cn2ccnc2)c1. The second kappa shape index (κ2) is 7.22. The molecule has 0 aliphatic rings. The van der Waals surface area contributed by atoms with Crippen molar-refractivity contribution in [1.29, 1.82) is 0 Å². The van der Waals surface area contributed by atoms with E-state index in [9.17, 15) is 4.79 Å². The highest BCUT2D eigenvalue weighted by Gasteiger charge is 2.00. The van der Waals surface area contributed by atoms with Gasteiger partial charge in [0.05, 0.1) is 6.33 Å². The lowest BCUT2D eigenvalue weighted by Crippen LogP contribution is -2.08. The third-order valence-corrected chi connectivity index (χ3v) is 3.35. The van der Waals surface area contributed by atoms with E-state index in [2.05, 4.69) is 10.3 Å². The monoisotopic (exact) mass is 303 g/mol. The highest BCUT2D eigenvalue weighted by molar-refractivity contribution is 6.01. The number of benzene rings is 2. The third kappa shape index (κ3) is 4.41. The lowest BCUT2D eigenvalue weighted by atomic mass is 10.2. The number of rotatable bonds is 5. The summed E-state index contributed by atoms with van der Waals surface area (Å²) in [4.78, 5) is 16.0. The van der Waals surface area contributed by atoms with E-state index < -0.39 is 0 Å². The van der Waals surface area contributed by atoms with Crippen molar-refractivity contribution in [3.63, 3.8) is 0 Å². The van der Waals surface area contributed by atoms with Crippen LogP contribution in [0.5, 0.6) is 0 Å². The van der Waals surface area contributed by atoms with Gasteiger partial charge in [0.25, 0.3) is 0 Å². The molecule has 3 rings (SSSR count). The van der Waals surface area contributed by atoms with Crippen LogP contribution in [-0.2, 0) is 11.3 Å². The Morgan fingerprint density at radius 2 is 2.00 bits per heavy atom. The van der Waals surface area contributed by atoms with Gasteiger partial charge >= 0.3 is 0 Å². The van der Waals surface area contributed by atoms with Crippen molar-refractivity contribution in [3.05, 3.63) is 90.5 Å². The first-order valence-electron chi connectivity index (χ1n) is 7.38. The molecule has 0 saturated carbocycles. The van der Waals surface area contributed by atoms with Gasteiger partial charge in [0.2, 0.25) is 5.91 Å². The van der Waals surface area contributed by atoms with Crippen LogP contribution in [0.2, 0.25) is 0 Å². The number of imidazole rings is 1. The lowest BCUT2D eigenvalue weighted by Gasteiger charge is -2.06. The summed E-state index contributed by atoms with van der Waals surface area (Å²) in [6.07, 6.45) is 8.77. The van der Waals surface area contributed by atoms with Gasteiger partial charge in [0.1, 0.15) is 0 Å². The maximum atomic E-state index is 12.0. The van der Waals surface area contributed by atoms with E-state index in [-0.39, 0.29) is 5.91 Å². The van der Waals surface area contributed by atoms with Gasteiger partial charge in [-0.3, -0.25) is 4.79 Å². The second-order valence-electron chi connectivity index (χ2n) is 5.17. The Balaban J connectivity index is 1.63. The van der Waals surface area contributed by atoms with Crippen molar-refractivity contribution >= 4 is 17.7 Å². The van der Waals surface area contributed by atoms with E-state index in [1.165, 1.54) is 6.08 Å². The summed E-state index contributed by atoms with van der Waals surface area (Å²) in [7, 11) is 0. The van der Waals surface area contributed by atoms with Crippen molar-refractivity contribution in [2.24, 2.45) is 0 Å². The molecule has 0 unspecified atom stereocenters. The van der Waals surface area contributed by atoms with Crippen molar-refractivity contribution < 1.29 is 4.79 Å². The van der Waals surface area contributed by atoms with Crippen molar-refractivity contribution in [1.82, 2.24) is 9.55 Å². The van der Waals surface area contributed by atoms with E-state index in [4.69, 9.17) is 0 Å². The molecule has 0 aliphatic heterocycles. The standard InChI is InChI=1S/C19H17N3O/c23-19(10-9-16-5-2-1-3-6-16)21-18-8-4-7-17(13-18)14-22-12-11-20-15-22/h1-13,15H,14H2,(H,21,23)/b10-9+. The molecule has 114 valence electrons. The van der Waals surface area contributed by atoms with E-state index >= 15 is 0 Å². The minimum absolute atomic E-state index is 0.145. The number of nitrogens with zero attached hydrogens (tertiary/aromatic N) is 2. The molecule has 4 nitrogen and oxygen atoms in total. The first-order chi connectivity index (χ1) is 11.3. The Hall–Kier alpha value is -3.14. The molecule has 0 atom stereocenters. The topological polar surface area (TPSA) is 46.9 Å². The van der Waals surface area contributed by atoms with Crippen LogP contribution in [0, 0.1) is 0 Å². The van der Waals surface area contributed by atoms with Crippen LogP contribution in [0.3, 0.4) is 0 Å². The number of carbonyl (C=O) groups is 1. The summed E-state index contributed by atoms with van der Waals surface area (Å²) < 4.78 is 1.98. The summed E-state index contributed by atoms with van der Waals surface area (Å²) in [5.74, 6) is -0.145.